The maximum Gasteiger partial charge on any atom is 0.220 e. The zero-order valence-electron chi connectivity index (χ0n) is 15.4. The number of aliphatic imine (C=N–C) groups is 1. The van der Waals surface area contributed by atoms with Crippen molar-refractivity contribution in [2.45, 2.75) is 19.4 Å². The van der Waals surface area contributed by atoms with Crippen LogP contribution in [0.3, 0.4) is 0 Å². The molecule has 0 aliphatic carbocycles. The SMILES string of the molecule is CNc1nccc2c1C(c1ccc(Cl)cc1)=NC(CC(N)=O)c1onc(C)c1-2. The van der Waals surface area contributed by atoms with Gasteiger partial charge in [0.05, 0.1) is 29.0 Å². The first kappa shape index (κ1) is 18.2. The van der Waals surface area contributed by atoms with Gasteiger partial charge < -0.3 is 15.6 Å². The van der Waals surface area contributed by atoms with E-state index in [9.17, 15) is 4.79 Å². The summed E-state index contributed by atoms with van der Waals surface area (Å²) in [5.41, 5.74) is 10.2. The minimum absolute atomic E-state index is 0.00896. The molecule has 3 N–H and O–H groups in total. The van der Waals surface area contributed by atoms with Gasteiger partial charge in [0.15, 0.2) is 5.76 Å². The van der Waals surface area contributed by atoms with Gasteiger partial charge in [-0.05, 0) is 25.1 Å². The average Bonchev–Trinajstić information content (AvgIpc) is 3.00. The molecular formula is C20H18ClN5O2. The number of carbonyl (C=O) groups excluding carboxylic acids is 1. The number of aromatic nitrogens is 2. The van der Waals surface area contributed by atoms with Crippen LogP contribution in [0.15, 0.2) is 46.0 Å². The van der Waals surface area contributed by atoms with E-state index < -0.39 is 11.9 Å². The molecule has 1 atom stereocenters. The highest BCUT2D eigenvalue weighted by Crippen LogP contribution is 2.42. The number of amides is 1. The Hall–Kier alpha value is -3.19. The third kappa shape index (κ3) is 3.03. The largest absolute Gasteiger partial charge is 0.373 e. The Kier molecular flexibility index (Phi) is 4.60. The number of pyridine rings is 1. The molecule has 142 valence electrons. The highest BCUT2D eigenvalue weighted by molar-refractivity contribution is 6.30. The van der Waals surface area contributed by atoms with E-state index in [1.807, 2.05) is 25.1 Å². The molecule has 0 saturated carbocycles. The van der Waals surface area contributed by atoms with Crippen LogP contribution in [0, 0.1) is 6.92 Å². The number of anilines is 1. The number of hydrogen-bond acceptors (Lipinski definition) is 6. The van der Waals surface area contributed by atoms with Crippen molar-refractivity contribution in [3.63, 3.8) is 0 Å². The molecule has 0 spiro atoms. The summed E-state index contributed by atoms with van der Waals surface area (Å²) < 4.78 is 5.59. The first-order valence-corrected chi connectivity index (χ1v) is 9.13. The van der Waals surface area contributed by atoms with E-state index in [1.54, 1.807) is 25.4 Å². The monoisotopic (exact) mass is 395 g/mol. The smallest absolute Gasteiger partial charge is 0.220 e. The summed E-state index contributed by atoms with van der Waals surface area (Å²) in [6, 6.07) is 8.68. The predicted molar refractivity (Wildman–Crippen MR) is 108 cm³/mol. The van der Waals surface area contributed by atoms with Gasteiger partial charge in [-0.2, -0.15) is 0 Å². The number of halogens is 1. The van der Waals surface area contributed by atoms with Gasteiger partial charge in [0.25, 0.3) is 0 Å². The van der Waals surface area contributed by atoms with Gasteiger partial charge in [-0.15, -0.1) is 0 Å². The van der Waals surface area contributed by atoms with Crippen molar-refractivity contribution in [3.05, 3.63) is 64.1 Å². The van der Waals surface area contributed by atoms with Gasteiger partial charge in [0, 0.05) is 29.4 Å². The van der Waals surface area contributed by atoms with Crippen molar-refractivity contribution in [3.8, 4) is 11.1 Å². The summed E-state index contributed by atoms with van der Waals surface area (Å²) in [4.78, 5) is 21.1. The Labute approximate surface area is 166 Å². The Morgan fingerprint density at radius 2 is 2.00 bits per heavy atom. The molecule has 0 fully saturated rings. The van der Waals surface area contributed by atoms with E-state index in [-0.39, 0.29) is 6.42 Å². The molecule has 1 unspecified atom stereocenters. The molecule has 2 aromatic heterocycles. The fraction of sp³-hybridized carbons (Fsp3) is 0.200. The zero-order chi connectivity index (χ0) is 19.8. The summed E-state index contributed by atoms with van der Waals surface area (Å²) in [7, 11) is 1.80. The third-order valence-electron chi connectivity index (χ3n) is 4.68. The molecule has 4 rings (SSSR count). The normalized spacial score (nSPS) is 15.2. The predicted octanol–water partition coefficient (Wildman–Crippen LogP) is 3.51. The molecule has 0 saturated heterocycles. The number of hydrogen-bond donors (Lipinski definition) is 2. The molecule has 3 heterocycles. The van der Waals surface area contributed by atoms with E-state index in [0.717, 1.165) is 22.3 Å². The standard InChI is InChI=1S/C20H18ClN5O2/c1-10-16-13-7-8-24-20(23-2)17(13)18(11-3-5-12(21)6-4-11)25-14(9-15(22)27)19(16)28-26-10/h3-8,14H,9H2,1-2H3,(H2,22,27)(H,23,24). The van der Waals surface area contributed by atoms with Crippen LogP contribution < -0.4 is 11.1 Å². The van der Waals surface area contributed by atoms with E-state index in [0.29, 0.717) is 28.0 Å². The third-order valence-corrected chi connectivity index (χ3v) is 4.93. The van der Waals surface area contributed by atoms with Crippen LogP contribution >= 0.6 is 11.6 Å². The second kappa shape index (κ2) is 7.09. The number of fused-ring (bicyclic) bond motifs is 3. The van der Waals surface area contributed by atoms with Crippen LogP contribution in [0.5, 0.6) is 0 Å². The van der Waals surface area contributed by atoms with Crippen molar-refractivity contribution in [2.75, 3.05) is 12.4 Å². The van der Waals surface area contributed by atoms with Crippen LogP contribution in [-0.2, 0) is 4.79 Å². The maximum absolute atomic E-state index is 11.7. The highest BCUT2D eigenvalue weighted by Gasteiger charge is 2.32. The summed E-state index contributed by atoms with van der Waals surface area (Å²) >= 11 is 6.07. The molecule has 0 radical (unpaired) electrons. The summed E-state index contributed by atoms with van der Waals surface area (Å²) in [6.45, 7) is 1.86. The molecule has 3 aromatic rings. The van der Waals surface area contributed by atoms with Crippen molar-refractivity contribution in [2.24, 2.45) is 10.7 Å². The summed E-state index contributed by atoms with van der Waals surface area (Å²) in [6.07, 6.45) is 1.73. The lowest BCUT2D eigenvalue weighted by atomic mass is 9.93. The number of nitrogens with two attached hydrogens (primary N) is 1. The fourth-order valence-electron chi connectivity index (χ4n) is 3.48. The van der Waals surface area contributed by atoms with Crippen LogP contribution in [0.4, 0.5) is 5.82 Å². The first-order valence-electron chi connectivity index (χ1n) is 8.75. The molecular weight excluding hydrogens is 378 g/mol. The number of carbonyl (C=O) groups is 1. The van der Waals surface area contributed by atoms with Crippen molar-refractivity contribution in [1.29, 1.82) is 0 Å². The van der Waals surface area contributed by atoms with E-state index in [1.165, 1.54) is 0 Å². The van der Waals surface area contributed by atoms with E-state index >= 15 is 0 Å². The maximum atomic E-state index is 11.7. The number of nitrogens with one attached hydrogen (secondary N) is 1. The van der Waals surface area contributed by atoms with Crippen molar-refractivity contribution in [1.82, 2.24) is 10.1 Å². The molecule has 1 aromatic carbocycles. The number of aryl methyl sites for hydroxylation is 1. The average molecular weight is 396 g/mol. The molecule has 1 aliphatic rings. The Bertz CT molecular complexity index is 1090. The molecule has 0 bridgehead atoms. The van der Waals surface area contributed by atoms with Gasteiger partial charge in [0.1, 0.15) is 11.9 Å². The second-order valence-corrected chi connectivity index (χ2v) is 6.95. The zero-order valence-corrected chi connectivity index (χ0v) is 16.1. The van der Waals surface area contributed by atoms with Crippen molar-refractivity contribution < 1.29 is 9.32 Å². The molecule has 28 heavy (non-hydrogen) atoms. The first-order chi connectivity index (χ1) is 13.5. The quantitative estimate of drug-likeness (QED) is 0.703. The van der Waals surface area contributed by atoms with Gasteiger partial charge in [-0.1, -0.05) is 28.9 Å². The molecule has 1 amide bonds. The lowest BCUT2D eigenvalue weighted by Crippen LogP contribution is -2.15. The van der Waals surface area contributed by atoms with Gasteiger partial charge in [-0.25, -0.2) is 4.98 Å². The summed E-state index contributed by atoms with van der Waals surface area (Å²) in [5.74, 6) is 0.717. The summed E-state index contributed by atoms with van der Waals surface area (Å²) in [5, 5.41) is 7.86. The van der Waals surface area contributed by atoms with Gasteiger partial charge >= 0.3 is 0 Å². The Morgan fingerprint density at radius 3 is 2.68 bits per heavy atom. The Balaban J connectivity index is 2.06. The van der Waals surface area contributed by atoms with Gasteiger partial charge in [-0.3, -0.25) is 9.79 Å². The number of nitrogens with zero attached hydrogens (tertiary/aromatic N) is 3. The van der Waals surface area contributed by atoms with Crippen LogP contribution in [0.2, 0.25) is 5.02 Å². The van der Waals surface area contributed by atoms with E-state index in [4.69, 9.17) is 26.9 Å². The van der Waals surface area contributed by atoms with Crippen molar-refractivity contribution >= 4 is 29.0 Å². The minimum atomic E-state index is -0.587. The van der Waals surface area contributed by atoms with Gasteiger partial charge in [0.2, 0.25) is 5.91 Å². The molecule has 8 heteroatoms. The minimum Gasteiger partial charge on any atom is -0.373 e. The van der Waals surface area contributed by atoms with E-state index in [2.05, 4.69) is 15.5 Å². The fourth-order valence-corrected chi connectivity index (χ4v) is 3.60. The Morgan fingerprint density at radius 1 is 1.25 bits per heavy atom. The van der Waals surface area contributed by atoms with Crippen LogP contribution in [-0.4, -0.2) is 28.8 Å². The molecule has 7 nitrogen and oxygen atoms in total. The number of benzene rings is 1. The number of rotatable bonds is 4. The topological polar surface area (TPSA) is 106 Å². The second-order valence-electron chi connectivity index (χ2n) is 6.51. The number of primary amides is 1. The lowest BCUT2D eigenvalue weighted by Gasteiger charge is -2.15. The van der Waals surface area contributed by atoms with Crippen LogP contribution in [0.25, 0.3) is 11.1 Å². The lowest BCUT2D eigenvalue weighted by molar-refractivity contribution is -0.118. The highest BCUT2D eigenvalue weighted by atomic mass is 35.5. The van der Waals surface area contributed by atoms with Crippen LogP contribution in [0.1, 0.15) is 35.0 Å². The molecule has 1 aliphatic heterocycles.